The molecule has 1 aliphatic heterocycles. The van der Waals surface area contributed by atoms with Crippen LogP contribution in [0.4, 0.5) is 0 Å². The van der Waals surface area contributed by atoms with Gasteiger partial charge in [0.15, 0.2) is 0 Å². The van der Waals surface area contributed by atoms with Crippen molar-refractivity contribution < 1.29 is 1.43 Å². The van der Waals surface area contributed by atoms with Crippen LogP contribution in [0.25, 0.3) is 11.0 Å². The van der Waals surface area contributed by atoms with Crippen molar-refractivity contribution in [2.45, 2.75) is 72.1 Å². The fraction of sp³-hybridized carbons (Fsp3) is 0.455. The average molecular weight is 529 g/mol. The molecule has 2 aliphatic rings. The Morgan fingerprint density at radius 2 is 1.74 bits per heavy atom. The summed E-state index contributed by atoms with van der Waals surface area (Å²) in [6, 6.07) is 24.4. The molecule has 0 bridgehead atoms. The van der Waals surface area contributed by atoms with E-state index < -0.39 is 0 Å². The Hall–Kier alpha value is -3.06. The minimum absolute atomic E-state index is 0. The van der Waals surface area contributed by atoms with E-state index in [-0.39, 0.29) is 16.3 Å². The maximum Gasteiger partial charge on any atom is 0.121 e. The molecular formula is C33H48N6. The molecule has 1 unspecified atom stereocenters. The number of likely N-dealkylation sites (tertiary alicyclic amines) is 1. The van der Waals surface area contributed by atoms with Crippen LogP contribution in [0.3, 0.4) is 0 Å². The molecule has 6 rings (SSSR count). The molecule has 0 amide bonds. The topological polar surface area (TPSA) is 60.1 Å². The monoisotopic (exact) mass is 528 g/mol. The van der Waals surface area contributed by atoms with E-state index in [4.69, 9.17) is 9.97 Å². The number of H-pyrrole nitrogens is 1. The highest BCUT2D eigenvalue weighted by Gasteiger charge is 2.29. The molecule has 1 saturated heterocycles. The lowest BCUT2D eigenvalue weighted by Crippen LogP contribution is -2.45. The van der Waals surface area contributed by atoms with Crippen LogP contribution < -0.4 is 5.32 Å². The number of fused-ring (bicyclic) bond motifs is 2. The van der Waals surface area contributed by atoms with Crippen LogP contribution in [0.15, 0.2) is 72.9 Å². The summed E-state index contributed by atoms with van der Waals surface area (Å²) in [4.78, 5) is 18.6. The Kier molecular flexibility index (Phi) is 10.3. The van der Waals surface area contributed by atoms with Crippen LogP contribution in [-0.4, -0.2) is 57.0 Å². The van der Waals surface area contributed by atoms with Gasteiger partial charge < -0.3 is 15.2 Å². The SMILES string of the molecule is C.C.[HH].c1ccc(CNC2CCN(CCN(Cc3nc4ccccc4[nH]3)C3CCCc4cccnc43)CC2)cc1. The van der Waals surface area contributed by atoms with Gasteiger partial charge in [-0.15, -0.1) is 0 Å². The molecule has 6 nitrogen and oxygen atoms in total. The summed E-state index contributed by atoms with van der Waals surface area (Å²) in [5.74, 6) is 1.05. The molecule has 1 fully saturated rings. The Labute approximate surface area is 236 Å². The van der Waals surface area contributed by atoms with E-state index in [2.05, 4.69) is 86.8 Å². The van der Waals surface area contributed by atoms with Crippen molar-refractivity contribution in [3.63, 3.8) is 0 Å². The number of hydrogen-bond acceptors (Lipinski definition) is 5. The number of rotatable bonds is 9. The lowest BCUT2D eigenvalue weighted by Gasteiger charge is -2.37. The van der Waals surface area contributed by atoms with Crippen molar-refractivity contribution in [1.29, 1.82) is 0 Å². The summed E-state index contributed by atoms with van der Waals surface area (Å²) < 4.78 is 0. The predicted octanol–water partition coefficient (Wildman–Crippen LogP) is 6.61. The van der Waals surface area contributed by atoms with Gasteiger partial charge in [-0.25, -0.2) is 4.98 Å². The van der Waals surface area contributed by atoms with Gasteiger partial charge in [0, 0.05) is 33.3 Å². The van der Waals surface area contributed by atoms with Crippen molar-refractivity contribution in [2.75, 3.05) is 26.2 Å². The second-order valence-corrected chi connectivity index (χ2v) is 10.6. The summed E-state index contributed by atoms with van der Waals surface area (Å²) in [5, 5.41) is 3.77. The summed E-state index contributed by atoms with van der Waals surface area (Å²) in [6.07, 6.45) is 7.91. The molecule has 1 atom stereocenters. The van der Waals surface area contributed by atoms with Crippen molar-refractivity contribution >= 4 is 11.0 Å². The molecule has 0 spiro atoms. The number of piperidine rings is 1. The van der Waals surface area contributed by atoms with Crippen LogP contribution in [0.2, 0.25) is 0 Å². The maximum atomic E-state index is 4.91. The van der Waals surface area contributed by atoms with Gasteiger partial charge in [0.25, 0.3) is 0 Å². The lowest BCUT2D eigenvalue weighted by molar-refractivity contribution is 0.120. The van der Waals surface area contributed by atoms with E-state index in [0.717, 1.165) is 69.0 Å². The second kappa shape index (κ2) is 13.8. The molecule has 210 valence electrons. The second-order valence-electron chi connectivity index (χ2n) is 10.6. The Morgan fingerprint density at radius 1 is 0.949 bits per heavy atom. The average Bonchev–Trinajstić information content (AvgIpc) is 3.37. The fourth-order valence-electron chi connectivity index (χ4n) is 6.05. The minimum atomic E-state index is 0. The summed E-state index contributed by atoms with van der Waals surface area (Å²) in [7, 11) is 0. The van der Waals surface area contributed by atoms with Gasteiger partial charge in [-0.2, -0.15) is 0 Å². The zero-order valence-electron chi connectivity index (χ0n) is 21.6. The highest BCUT2D eigenvalue weighted by molar-refractivity contribution is 5.74. The third-order valence-electron chi connectivity index (χ3n) is 8.13. The molecular weight excluding hydrogens is 480 g/mol. The number of benzene rings is 2. The Bertz CT molecular complexity index is 1250. The highest BCUT2D eigenvalue weighted by Crippen LogP contribution is 2.33. The first-order chi connectivity index (χ1) is 18.3. The summed E-state index contributed by atoms with van der Waals surface area (Å²) >= 11 is 0. The molecule has 2 aromatic heterocycles. The van der Waals surface area contributed by atoms with E-state index >= 15 is 0 Å². The van der Waals surface area contributed by atoms with Crippen LogP contribution in [-0.2, 0) is 19.5 Å². The van der Waals surface area contributed by atoms with Gasteiger partial charge >= 0.3 is 0 Å². The number of aryl methyl sites for hydroxylation is 1. The van der Waals surface area contributed by atoms with Crippen molar-refractivity contribution in [2.24, 2.45) is 0 Å². The number of nitrogens with zero attached hydrogens (tertiary/aromatic N) is 4. The van der Waals surface area contributed by atoms with E-state index in [0.29, 0.717) is 12.1 Å². The van der Waals surface area contributed by atoms with Gasteiger partial charge in [0.2, 0.25) is 0 Å². The first-order valence-electron chi connectivity index (χ1n) is 13.9. The number of para-hydroxylation sites is 2. The first-order valence-corrected chi connectivity index (χ1v) is 13.9. The van der Waals surface area contributed by atoms with Crippen LogP contribution in [0, 0.1) is 0 Å². The summed E-state index contributed by atoms with van der Waals surface area (Å²) in [5.41, 5.74) is 6.22. The molecule has 0 saturated carbocycles. The number of pyridine rings is 1. The number of aromatic amines is 1. The number of aromatic nitrogens is 3. The third kappa shape index (κ3) is 7.13. The fourth-order valence-corrected chi connectivity index (χ4v) is 6.05. The molecule has 4 aromatic rings. The number of nitrogens with one attached hydrogen (secondary N) is 2. The minimum Gasteiger partial charge on any atom is -0.341 e. The van der Waals surface area contributed by atoms with Crippen LogP contribution in [0.5, 0.6) is 0 Å². The normalized spacial score (nSPS) is 17.9. The van der Waals surface area contributed by atoms with Gasteiger partial charge in [0.1, 0.15) is 5.82 Å². The molecule has 1 aliphatic carbocycles. The molecule has 6 heteroatoms. The van der Waals surface area contributed by atoms with Crippen molar-refractivity contribution in [3.05, 3.63) is 95.6 Å². The van der Waals surface area contributed by atoms with Crippen LogP contribution in [0.1, 0.15) is 70.7 Å². The van der Waals surface area contributed by atoms with E-state index in [9.17, 15) is 0 Å². The molecule has 2 N–H and O–H groups in total. The standard InChI is InChI=1S/C31H38N6.2CH4.H2/c1-2-8-24(9-3-1)22-33-26-15-18-36(19-16-26)20-21-37(23-30-34-27-12-4-5-13-28(27)35-30)29-14-6-10-25-11-7-17-32-31(25)29;;;/h1-5,7-9,11-13,17,26,29,33H,6,10,14-16,18-23H2,(H,34,35);2*1H4;1H. The number of hydrogen-bond donors (Lipinski definition) is 2. The van der Waals surface area contributed by atoms with Crippen molar-refractivity contribution in [3.8, 4) is 0 Å². The van der Waals surface area contributed by atoms with E-state index in [1.54, 1.807) is 0 Å². The molecule has 3 heterocycles. The van der Waals surface area contributed by atoms with Gasteiger partial charge in [-0.1, -0.05) is 63.4 Å². The Morgan fingerprint density at radius 3 is 2.56 bits per heavy atom. The third-order valence-corrected chi connectivity index (χ3v) is 8.13. The van der Waals surface area contributed by atoms with Gasteiger partial charge in [0.05, 0.1) is 29.3 Å². The largest absolute Gasteiger partial charge is 0.341 e. The predicted molar refractivity (Wildman–Crippen MR) is 165 cm³/mol. The first kappa shape index (κ1) is 28.9. The Balaban J connectivity index is 0.00000147. The molecule has 2 aromatic carbocycles. The van der Waals surface area contributed by atoms with Crippen LogP contribution >= 0.6 is 0 Å². The zero-order chi connectivity index (χ0) is 24.9. The van der Waals surface area contributed by atoms with Gasteiger partial charge in [-0.05, 0) is 74.5 Å². The van der Waals surface area contributed by atoms with E-state index in [1.165, 1.54) is 36.1 Å². The summed E-state index contributed by atoms with van der Waals surface area (Å²) in [6.45, 7) is 6.22. The zero-order valence-corrected chi connectivity index (χ0v) is 21.6. The molecule has 0 radical (unpaired) electrons. The van der Waals surface area contributed by atoms with Gasteiger partial charge in [-0.3, -0.25) is 9.88 Å². The molecule has 39 heavy (non-hydrogen) atoms. The number of imidazole rings is 1. The maximum absolute atomic E-state index is 4.91. The quantitative estimate of drug-likeness (QED) is 0.256. The highest BCUT2D eigenvalue weighted by atomic mass is 15.2. The lowest BCUT2D eigenvalue weighted by atomic mass is 9.90. The van der Waals surface area contributed by atoms with E-state index in [1.807, 2.05) is 6.20 Å². The van der Waals surface area contributed by atoms with Crippen molar-refractivity contribution in [1.82, 2.24) is 30.1 Å². The smallest absolute Gasteiger partial charge is 0.121 e.